The van der Waals surface area contributed by atoms with Crippen molar-refractivity contribution in [3.63, 3.8) is 0 Å². The average Bonchev–Trinajstić information content (AvgIpc) is 2.54. The van der Waals surface area contributed by atoms with Crippen LogP contribution >= 0.6 is 0 Å². The van der Waals surface area contributed by atoms with Crippen LogP contribution in [0.2, 0.25) is 0 Å². The molecule has 2 N–H and O–H groups in total. The number of hydrogen-bond acceptors (Lipinski definition) is 4. The van der Waals surface area contributed by atoms with Gasteiger partial charge in [0.1, 0.15) is 0 Å². The van der Waals surface area contributed by atoms with Crippen LogP contribution in [0.25, 0.3) is 0 Å². The van der Waals surface area contributed by atoms with Gasteiger partial charge in [-0.25, -0.2) is 4.79 Å². The maximum Gasteiger partial charge on any atom is 0.317 e. The van der Waals surface area contributed by atoms with E-state index < -0.39 is 4.92 Å². The summed E-state index contributed by atoms with van der Waals surface area (Å²) in [7, 11) is 1.68. The van der Waals surface area contributed by atoms with Crippen LogP contribution in [0.1, 0.15) is 31.2 Å². The highest BCUT2D eigenvalue weighted by Crippen LogP contribution is 2.25. The van der Waals surface area contributed by atoms with Crippen molar-refractivity contribution in [3.8, 4) is 0 Å². The first-order valence-electron chi connectivity index (χ1n) is 7.88. The van der Waals surface area contributed by atoms with E-state index in [4.69, 9.17) is 0 Å². The molecular formula is C16H23N3O4. The van der Waals surface area contributed by atoms with E-state index in [2.05, 4.69) is 5.32 Å². The molecule has 0 saturated heterocycles. The molecule has 23 heavy (non-hydrogen) atoms. The summed E-state index contributed by atoms with van der Waals surface area (Å²) in [4.78, 5) is 24.2. The molecule has 2 amide bonds. The van der Waals surface area contributed by atoms with Gasteiger partial charge in [-0.15, -0.1) is 0 Å². The zero-order valence-electron chi connectivity index (χ0n) is 13.3. The highest BCUT2D eigenvalue weighted by atomic mass is 16.6. The van der Waals surface area contributed by atoms with E-state index in [1.807, 2.05) is 0 Å². The summed E-state index contributed by atoms with van der Waals surface area (Å²) in [6.07, 6.45) is 3.46. The predicted octanol–water partition coefficient (Wildman–Crippen LogP) is 2.29. The summed E-state index contributed by atoms with van der Waals surface area (Å²) in [5, 5.41) is 23.6. The van der Waals surface area contributed by atoms with Crippen molar-refractivity contribution in [2.24, 2.45) is 5.92 Å². The Labute approximate surface area is 135 Å². The van der Waals surface area contributed by atoms with Crippen molar-refractivity contribution in [2.75, 3.05) is 13.6 Å². The van der Waals surface area contributed by atoms with Crippen molar-refractivity contribution in [1.82, 2.24) is 10.2 Å². The number of aliphatic hydroxyl groups excluding tert-OH is 1. The number of carbonyl (C=O) groups excluding carboxylic acids is 1. The molecule has 0 heterocycles. The van der Waals surface area contributed by atoms with E-state index in [0.717, 1.165) is 25.7 Å². The lowest BCUT2D eigenvalue weighted by Crippen LogP contribution is -2.42. The number of rotatable bonds is 5. The standard InChI is InChI=1S/C16H23N3O4/c1-18(11-13-7-3-5-9-15(13)20)16(21)17-10-12-6-2-4-8-14(12)19(22)23/h2,4,6,8,13,15,20H,3,5,7,9-11H2,1H3,(H,17,21). The van der Waals surface area contributed by atoms with Gasteiger partial charge < -0.3 is 15.3 Å². The minimum absolute atomic E-state index is 0.00171. The number of nitro benzene ring substituents is 1. The topological polar surface area (TPSA) is 95.7 Å². The van der Waals surface area contributed by atoms with E-state index in [1.54, 1.807) is 25.2 Å². The molecule has 7 heteroatoms. The molecule has 0 aliphatic heterocycles. The summed E-state index contributed by atoms with van der Waals surface area (Å²) in [6.45, 7) is 0.595. The van der Waals surface area contributed by atoms with Gasteiger partial charge in [-0.1, -0.05) is 31.0 Å². The number of para-hydroxylation sites is 1. The Kier molecular flexibility index (Phi) is 5.92. The average molecular weight is 321 g/mol. The lowest BCUT2D eigenvalue weighted by atomic mass is 9.86. The minimum Gasteiger partial charge on any atom is -0.393 e. The molecule has 7 nitrogen and oxygen atoms in total. The molecule has 0 bridgehead atoms. The van der Waals surface area contributed by atoms with Gasteiger partial charge in [-0.05, 0) is 12.8 Å². The molecule has 1 aliphatic carbocycles. The Balaban J connectivity index is 1.88. The number of hydrogen-bond donors (Lipinski definition) is 2. The molecule has 0 aromatic heterocycles. The molecule has 0 radical (unpaired) electrons. The Morgan fingerprint density at radius 3 is 2.78 bits per heavy atom. The fraction of sp³-hybridized carbons (Fsp3) is 0.562. The van der Waals surface area contributed by atoms with Crippen LogP contribution in [0, 0.1) is 16.0 Å². The zero-order chi connectivity index (χ0) is 16.8. The summed E-state index contributed by atoms with van der Waals surface area (Å²) in [5.74, 6) is 0.102. The number of nitrogens with one attached hydrogen (secondary N) is 1. The van der Waals surface area contributed by atoms with Crippen molar-refractivity contribution >= 4 is 11.7 Å². The van der Waals surface area contributed by atoms with Crippen LogP contribution in [0.3, 0.4) is 0 Å². The van der Waals surface area contributed by atoms with E-state index >= 15 is 0 Å². The fourth-order valence-electron chi connectivity index (χ4n) is 2.98. The zero-order valence-corrected chi connectivity index (χ0v) is 13.3. The maximum absolute atomic E-state index is 12.1. The monoisotopic (exact) mass is 321 g/mol. The fourth-order valence-corrected chi connectivity index (χ4v) is 2.98. The normalized spacial score (nSPS) is 20.8. The largest absolute Gasteiger partial charge is 0.393 e. The SMILES string of the molecule is CN(CC1CCCCC1O)C(=O)NCc1ccccc1[N+](=O)[O-]. The van der Waals surface area contributed by atoms with Gasteiger partial charge in [-0.3, -0.25) is 10.1 Å². The Morgan fingerprint density at radius 1 is 1.39 bits per heavy atom. The third-order valence-corrected chi connectivity index (χ3v) is 4.34. The van der Waals surface area contributed by atoms with Gasteiger partial charge in [-0.2, -0.15) is 0 Å². The predicted molar refractivity (Wildman–Crippen MR) is 85.9 cm³/mol. The third kappa shape index (κ3) is 4.66. The number of nitrogens with zero attached hydrogens (tertiary/aromatic N) is 2. The molecule has 2 atom stereocenters. The van der Waals surface area contributed by atoms with Gasteiger partial charge in [0.25, 0.3) is 5.69 Å². The number of carbonyl (C=O) groups is 1. The smallest absolute Gasteiger partial charge is 0.317 e. The van der Waals surface area contributed by atoms with Crippen LogP contribution in [0.4, 0.5) is 10.5 Å². The molecule has 0 spiro atoms. The van der Waals surface area contributed by atoms with E-state index in [-0.39, 0.29) is 30.3 Å². The van der Waals surface area contributed by atoms with Crippen LogP contribution < -0.4 is 5.32 Å². The number of urea groups is 1. The van der Waals surface area contributed by atoms with Crippen molar-refractivity contribution in [3.05, 3.63) is 39.9 Å². The molecule has 1 saturated carbocycles. The molecule has 2 unspecified atom stereocenters. The molecule has 126 valence electrons. The second-order valence-corrected chi connectivity index (χ2v) is 6.04. The number of amides is 2. The Hall–Kier alpha value is -2.15. The van der Waals surface area contributed by atoms with E-state index in [1.165, 1.54) is 11.0 Å². The number of aliphatic hydroxyl groups is 1. The first-order valence-corrected chi connectivity index (χ1v) is 7.88. The lowest BCUT2D eigenvalue weighted by Gasteiger charge is -2.31. The Morgan fingerprint density at radius 2 is 2.09 bits per heavy atom. The minimum atomic E-state index is -0.455. The maximum atomic E-state index is 12.1. The summed E-state index contributed by atoms with van der Waals surface area (Å²) < 4.78 is 0. The van der Waals surface area contributed by atoms with Crippen molar-refractivity contribution < 1.29 is 14.8 Å². The van der Waals surface area contributed by atoms with Crippen LogP contribution in [-0.4, -0.2) is 40.7 Å². The van der Waals surface area contributed by atoms with Gasteiger partial charge in [0.15, 0.2) is 0 Å². The van der Waals surface area contributed by atoms with Gasteiger partial charge >= 0.3 is 6.03 Å². The second kappa shape index (κ2) is 7.92. The lowest BCUT2D eigenvalue weighted by molar-refractivity contribution is -0.385. The number of benzene rings is 1. The molecular weight excluding hydrogens is 298 g/mol. The van der Waals surface area contributed by atoms with Crippen LogP contribution in [0.5, 0.6) is 0 Å². The van der Waals surface area contributed by atoms with Crippen LogP contribution in [-0.2, 0) is 6.54 Å². The molecule has 1 fully saturated rings. The first kappa shape index (κ1) is 17.2. The highest BCUT2D eigenvalue weighted by molar-refractivity contribution is 5.74. The molecule has 1 aromatic carbocycles. The van der Waals surface area contributed by atoms with Crippen molar-refractivity contribution in [1.29, 1.82) is 0 Å². The molecule has 1 aliphatic rings. The first-order chi connectivity index (χ1) is 11.0. The quantitative estimate of drug-likeness (QED) is 0.642. The summed E-state index contributed by atoms with van der Waals surface area (Å²) in [6, 6.07) is 6.06. The third-order valence-electron chi connectivity index (χ3n) is 4.34. The van der Waals surface area contributed by atoms with E-state index in [9.17, 15) is 20.0 Å². The molecule has 2 rings (SSSR count). The second-order valence-electron chi connectivity index (χ2n) is 6.04. The number of nitro groups is 1. The van der Waals surface area contributed by atoms with Gasteiger partial charge in [0.2, 0.25) is 0 Å². The highest BCUT2D eigenvalue weighted by Gasteiger charge is 2.25. The van der Waals surface area contributed by atoms with Crippen LogP contribution in [0.15, 0.2) is 24.3 Å². The van der Waals surface area contributed by atoms with Gasteiger partial charge in [0.05, 0.1) is 17.6 Å². The van der Waals surface area contributed by atoms with Gasteiger partial charge in [0, 0.05) is 31.1 Å². The Bertz CT molecular complexity index is 564. The summed E-state index contributed by atoms with van der Waals surface area (Å²) >= 11 is 0. The van der Waals surface area contributed by atoms with E-state index in [0.29, 0.717) is 12.1 Å². The molecule has 1 aromatic rings. The summed E-state index contributed by atoms with van der Waals surface area (Å²) in [5.41, 5.74) is 0.468. The van der Waals surface area contributed by atoms with Crippen molar-refractivity contribution in [2.45, 2.75) is 38.3 Å².